The molecule has 1 heterocycles. The highest BCUT2D eigenvalue weighted by atomic mass is 32.2. The zero-order valence-electron chi connectivity index (χ0n) is 16.4. The number of hydrogen-bond acceptors (Lipinski definition) is 8. The van der Waals surface area contributed by atoms with Crippen LogP contribution in [0.5, 0.6) is 11.5 Å². The number of methoxy groups -OCH3 is 2. The van der Waals surface area contributed by atoms with E-state index in [1.54, 1.807) is 32.4 Å². The predicted octanol–water partition coefficient (Wildman–Crippen LogP) is 2.24. The number of hydrazine groups is 1. The van der Waals surface area contributed by atoms with Gasteiger partial charge in [0.25, 0.3) is 5.22 Å². The standard InChI is InChI=1S/C20H20N4O5S/c1-27-15-9-14(10-16(11-15)28-2)19-23-24-20(29-19)30-12-18(26)22-21-17(25)8-13-6-4-3-5-7-13/h3-7,9-11H,8,12H2,1-2H3,(H,21,25)(H,22,26). The van der Waals surface area contributed by atoms with Crippen LogP contribution in [0.15, 0.2) is 58.2 Å². The first-order chi connectivity index (χ1) is 14.6. The van der Waals surface area contributed by atoms with Crippen LogP contribution in [0, 0.1) is 0 Å². The molecule has 0 unspecified atom stereocenters. The van der Waals surface area contributed by atoms with Crippen molar-refractivity contribution in [2.45, 2.75) is 11.6 Å². The van der Waals surface area contributed by atoms with Gasteiger partial charge in [-0.1, -0.05) is 42.1 Å². The number of thioether (sulfide) groups is 1. The Morgan fingerprint density at radius 3 is 2.30 bits per heavy atom. The maximum atomic E-state index is 11.9. The summed E-state index contributed by atoms with van der Waals surface area (Å²) in [6, 6.07) is 14.4. The minimum atomic E-state index is -0.399. The van der Waals surface area contributed by atoms with Crippen molar-refractivity contribution < 1.29 is 23.5 Å². The van der Waals surface area contributed by atoms with Crippen molar-refractivity contribution in [2.75, 3.05) is 20.0 Å². The van der Waals surface area contributed by atoms with Gasteiger partial charge < -0.3 is 13.9 Å². The minimum Gasteiger partial charge on any atom is -0.497 e. The second-order valence-corrected chi connectivity index (χ2v) is 6.95. The first-order valence-corrected chi connectivity index (χ1v) is 9.87. The van der Waals surface area contributed by atoms with Crippen LogP contribution in [0.2, 0.25) is 0 Å². The van der Waals surface area contributed by atoms with Gasteiger partial charge in [-0.3, -0.25) is 20.4 Å². The molecule has 0 bridgehead atoms. The van der Waals surface area contributed by atoms with Gasteiger partial charge >= 0.3 is 0 Å². The maximum absolute atomic E-state index is 11.9. The molecule has 2 amide bonds. The maximum Gasteiger partial charge on any atom is 0.277 e. The number of carbonyl (C=O) groups is 2. The molecule has 3 aromatic rings. The van der Waals surface area contributed by atoms with Crippen LogP contribution in [-0.2, 0) is 16.0 Å². The molecule has 156 valence electrons. The SMILES string of the molecule is COc1cc(OC)cc(-c2nnc(SCC(=O)NNC(=O)Cc3ccccc3)o2)c1. The molecule has 0 radical (unpaired) electrons. The third-order valence-corrected chi connectivity index (χ3v) is 4.70. The van der Waals surface area contributed by atoms with Crippen LogP contribution in [0.4, 0.5) is 0 Å². The van der Waals surface area contributed by atoms with Gasteiger partial charge in [0.05, 0.1) is 26.4 Å². The van der Waals surface area contributed by atoms with Crippen LogP contribution in [0.25, 0.3) is 11.5 Å². The topological polar surface area (TPSA) is 116 Å². The number of amides is 2. The Bertz CT molecular complexity index is 987. The zero-order chi connectivity index (χ0) is 21.3. The molecule has 0 atom stereocenters. The Morgan fingerprint density at radius 2 is 1.63 bits per heavy atom. The van der Waals surface area contributed by atoms with Crippen molar-refractivity contribution in [2.24, 2.45) is 0 Å². The normalized spacial score (nSPS) is 10.3. The number of benzene rings is 2. The third-order valence-electron chi connectivity index (χ3n) is 3.88. The van der Waals surface area contributed by atoms with Crippen LogP contribution < -0.4 is 20.3 Å². The number of nitrogens with one attached hydrogen (secondary N) is 2. The molecule has 0 aliphatic rings. The summed E-state index contributed by atoms with van der Waals surface area (Å²) in [5.74, 6) is 0.723. The van der Waals surface area contributed by atoms with Gasteiger partial charge in [-0.2, -0.15) is 0 Å². The van der Waals surface area contributed by atoms with Gasteiger partial charge in [-0.05, 0) is 17.7 Å². The summed E-state index contributed by atoms with van der Waals surface area (Å²) in [6.45, 7) is 0. The summed E-state index contributed by atoms with van der Waals surface area (Å²) in [6.07, 6.45) is 0.172. The lowest BCUT2D eigenvalue weighted by Gasteiger charge is -2.06. The molecule has 0 saturated carbocycles. The number of nitrogens with zero attached hydrogens (tertiary/aromatic N) is 2. The molecule has 0 spiro atoms. The van der Waals surface area contributed by atoms with E-state index in [0.717, 1.165) is 17.3 Å². The fourth-order valence-corrected chi connectivity index (χ4v) is 3.01. The van der Waals surface area contributed by atoms with Gasteiger partial charge in [0, 0.05) is 11.6 Å². The molecule has 0 saturated heterocycles. The highest BCUT2D eigenvalue weighted by molar-refractivity contribution is 7.99. The summed E-state index contributed by atoms with van der Waals surface area (Å²) >= 11 is 1.05. The molecule has 0 fully saturated rings. The van der Waals surface area contributed by atoms with Crippen LogP contribution in [0.1, 0.15) is 5.56 Å². The Balaban J connectivity index is 1.49. The second-order valence-electron chi connectivity index (χ2n) is 6.02. The van der Waals surface area contributed by atoms with E-state index in [2.05, 4.69) is 21.0 Å². The van der Waals surface area contributed by atoms with Crippen molar-refractivity contribution in [3.8, 4) is 23.0 Å². The van der Waals surface area contributed by atoms with Crippen molar-refractivity contribution in [1.82, 2.24) is 21.0 Å². The fourth-order valence-electron chi connectivity index (χ4n) is 2.44. The molecule has 0 aliphatic carbocycles. The summed E-state index contributed by atoms with van der Waals surface area (Å²) in [5.41, 5.74) is 6.22. The summed E-state index contributed by atoms with van der Waals surface area (Å²) in [5, 5.41) is 8.13. The minimum absolute atomic E-state index is 0.00528. The van der Waals surface area contributed by atoms with Gasteiger partial charge in [0.15, 0.2) is 0 Å². The Hall–Kier alpha value is -3.53. The third kappa shape index (κ3) is 5.98. The van der Waals surface area contributed by atoms with Crippen molar-refractivity contribution in [3.05, 3.63) is 54.1 Å². The van der Waals surface area contributed by atoms with Crippen molar-refractivity contribution in [3.63, 3.8) is 0 Å². The van der Waals surface area contributed by atoms with Crippen LogP contribution >= 0.6 is 11.8 Å². The molecule has 9 nitrogen and oxygen atoms in total. The van der Waals surface area contributed by atoms with E-state index in [0.29, 0.717) is 17.1 Å². The van der Waals surface area contributed by atoms with Gasteiger partial charge in [-0.25, -0.2) is 0 Å². The average Bonchev–Trinajstić information content (AvgIpc) is 3.25. The number of ether oxygens (including phenoxy) is 2. The van der Waals surface area contributed by atoms with E-state index in [9.17, 15) is 9.59 Å². The predicted molar refractivity (Wildman–Crippen MR) is 110 cm³/mol. The number of aromatic nitrogens is 2. The lowest BCUT2D eigenvalue weighted by Crippen LogP contribution is -2.43. The van der Waals surface area contributed by atoms with Crippen molar-refractivity contribution >= 4 is 23.6 Å². The smallest absolute Gasteiger partial charge is 0.277 e. The molecular weight excluding hydrogens is 408 g/mol. The first kappa shape index (κ1) is 21.2. The first-order valence-electron chi connectivity index (χ1n) is 8.88. The Morgan fingerprint density at radius 1 is 0.967 bits per heavy atom. The molecule has 0 aliphatic heterocycles. The quantitative estimate of drug-likeness (QED) is 0.415. The average molecular weight is 428 g/mol. The molecular formula is C20H20N4O5S. The lowest BCUT2D eigenvalue weighted by atomic mass is 10.1. The molecule has 30 heavy (non-hydrogen) atoms. The van der Waals surface area contributed by atoms with E-state index in [4.69, 9.17) is 13.9 Å². The number of hydrogen-bond donors (Lipinski definition) is 2. The summed E-state index contributed by atoms with van der Waals surface area (Å²) in [7, 11) is 3.09. The molecule has 10 heteroatoms. The Labute approximate surface area is 177 Å². The van der Waals surface area contributed by atoms with E-state index in [1.807, 2.05) is 30.3 Å². The van der Waals surface area contributed by atoms with Crippen LogP contribution in [-0.4, -0.2) is 42.0 Å². The zero-order valence-corrected chi connectivity index (χ0v) is 17.2. The van der Waals surface area contributed by atoms with Crippen LogP contribution in [0.3, 0.4) is 0 Å². The van der Waals surface area contributed by atoms with E-state index in [1.165, 1.54) is 0 Å². The fraction of sp³-hybridized carbons (Fsp3) is 0.200. The monoisotopic (exact) mass is 428 g/mol. The van der Waals surface area contributed by atoms with Gasteiger partial charge in [-0.15, -0.1) is 10.2 Å². The van der Waals surface area contributed by atoms with Gasteiger partial charge in [0.1, 0.15) is 11.5 Å². The largest absolute Gasteiger partial charge is 0.497 e. The summed E-state index contributed by atoms with van der Waals surface area (Å²) < 4.78 is 16.0. The molecule has 1 aromatic heterocycles. The second kappa shape index (κ2) is 10.3. The molecule has 2 N–H and O–H groups in total. The van der Waals surface area contributed by atoms with Gasteiger partial charge in [0.2, 0.25) is 17.7 Å². The van der Waals surface area contributed by atoms with E-state index < -0.39 is 5.91 Å². The number of rotatable bonds is 8. The summed E-state index contributed by atoms with van der Waals surface area (Å²) in [4.78, 5) is 23.8. The highest BCUT2D eigenvalue weighted by Gasteiger charge is 2.14. The number of carbonyl (C=O) groups excluding carboxylic acids is 2. The lowest BCUT2D eigenvalue weighted by molar-refractivity contribution is -0.127. The molecule has 2 aromatic carbocycles. The van der Waals surface area contributed by atoms with Crippen molar-refractivity contribution in [1.29, 1.82) is 0 Å². The van der Waals surface area contributed by atoms with E-state index >= 15 is 0 Å². The highest BCUT2D eigenvalue weighted by Crippen LogP contribution is 2.30. The van der Waals surface area contributed by atoms with E-state index in [-0.39, 0.29) is 29.2 Å². The Kier molecular flexibility index (Phi) is 7.28. The molecule has 3 rings (SSSR count).